The number of aromatic nitrogens is 3. The first-order valence-electron chi connectivity index (χ1n) is 6.88. The van der Waals surface area contributed by atoms with E-state index >= 15 is 0 Å². The molecule has 0 aliphatic heterocycles. The number of amides is 2. The van der Waals surface area contributed by atoms with Gasteiger partial charge in [0.2, 0.25) is 5.95 Å². The second-order valence-corrected chi connectivity index (χ2v) is 6.15. The molecule has 3 rings (SSSR count). The van der Waals surface area contributed by atoms with Gasteiger partial charge in [-0.1, -0.05) is 29.3 Å². The lowest BCUT2D eigenvalue weighted by Gasteiger charge is -2.07. The SMILES string of the molecule is Cn1ncnc1NC(=O)NC[C@@H]1C[C@H]1c1ccc(Cl)cc1Cl. The molecule has 1 fully saturated rings. The van der Waals surface area contributed by atoms with Crippen LogP contribution in [0.2, 0.25) is 10.0 Å². The average molecular weight is 340 g/mol. The summed E-state index contributed by atoms with van der Waals surface area (Å²) in [4.78, 5) is 15.7. The molecule has 0 unspecified atom stereocenters. The molecular formula is C14H15Cl2N5O. The lowest BCUT2D eigenvalue weighted by Crippen LogP contribution is -2.31. The van der Waals surface area contributed by atoms with Crippen molar-refractivity contribution in [2.45, 2.75) is 12.3 Å². The molecule has 2 atom stereocenters. The van der Waals surface area contributed by atoms with E-state index in [4.69, 9.17) is 23.2 Å². The Kier molecular flexibility index (Phi) is 4.22. The summed E-state index contributed by atoms with van der Waals surface area (Å²) in [6.45, 7) is 0.591. The highest BCUT2D eigenvalue weighted by atomic mass is 35.5. The molecule has 6 nitrogen and oxygen atoms in total. The van der Waals surface area contributed by atoms with Gasteiger partial charge < -0.3 is 5.32 Å². The molecule has 1 heterocycles. The van der Waals surface area contributed by atoms with E-state index in [1.807, 2.05) is 12.1 Å². The highest BCUT2D eigenvalue weighted by Crippen LogP contribution is 2.49. The third-order valence-corrected chi connectivity index (χ3v) is 4.31. The highest BCUT2D eigenvalue weighted by Gasteiger charge is 2.39. The van der Waals surface area contributed by atoms with Crippen LogP contribution in [0.3, 0.4) is 0 Å². The Balaban J connectivity index is 1.49. The van der Waals surface area contributed by atoms with Gasteiger partial charge in [0.25, 0.3) is 0 Å². The average Bonchev–Trinajstić information content (AvgIpc) is 3.13. The maximum absolute atomic E-state index is 11.8. The number of urea groups is 1. The number of rotatable bonds is 4. The van der Waals surface area contributed by atoms with Crippen molar-refractivity contribution in [2.24, 2.45) is 13.0 Å². The standard InChI is InChI=1S/C14H15Cl2N5O/c1-21-13(18-7-19-21)20-14(22)17-6-8-4-11(8)10-3-2-9(15)5-12(10)16/h2-3,5,7-8,11H,4,6H2,1H3,(H2,17,18,19,20,22)/t8-,11+/m0/s1. The minimum atomic E-state index is -0.288. The van der Waals surface area contributed by atoms with Crippen LogP contribution in [0.1, 0.15) is 17.9 Å². The molecule has 1 aliphatic rings. The fraction of sp³-hybridized carbons (Fsp3) is 0.357. The van der Waals surface area contributed by atoms with Crippen LogP contribution >= 0.6 is 23.2 Å². The predicted molar refractivity (Wildman–Crippen MR) is 85.3 cm³/mol. The van der Waals surface area contributed by atoms with E-state index in [0.29, 0.717) is 34.4 Å². The van der Waals surface area contributed by atoms with Gasteiger partial charge in [0.15, 0.2) is 0 Å². The summed E-state index contributed by atoms with van der Waals surface area (Å²) in [7, 11) is 1.71. The minimum Gasteiger partial charge on any atom is -0.337 e. The first kappa shape index (κ1) is 15.1. The van der Waals surface area contributed by atoms with Crippen LogP contribution in [-0.2, 0) is 7.05 Å². The Morgan fingerprint density at radius 3 is 2.95 bits per heavy atom. The molecule has 2 N–H and O–H groups in total. The fourth-order valence-corrected chi connectivity index (χ4v) is 2.98. The Morgan fingerprint density at radius 1 is 1.45 bits per heavy atom. The number of carbonyl (C=O) groups is 1. The number of hydrogen-bond donors (Lipinski definition) is 2. The quantitative estimate of drug-likeness (QED) is 0.899. The van der Waals surface area contributed by atoms with E-state index in [-0.39, 0.29) is 6.03 Å². The number of hydrogen-bond acceptors (Lipinski definition) is 3. The maximum Gasteiger partial charge on any atom is 0.321 e. The van der Waals surface area contributed by atoms with Crippen LogP contribution < -0.4 is 10.6 Å². The monoisotopic (exact) mass is 339 g/mol. The second kappa shape index (κ2) is 6.14. The number of carbonyl (C=O) groups excluding carboxylic acids is 1. The summed E-state index contributed by atoms with van der Waals surface area (Å²) >= 11 is 12.1. The van der Waals surface area contributed by atoms with Crippen molar-refractivity contribution in [3.8, 4) is 0 Å². The van der Waals surface area contributed by atoms with Crippen molar-refractivity contribution in [3.63, 3.8) is 0 Å². The normalized spacial score (nSPS) is 19.8. The highest BCUT2D eigenvalue weighted by molar-refractivity contribution is 6.35. The maximum atomic E-state index is 11.8. The molecule has 116 valence electrons. The summed E-state index contributed by atoms with van der Waals surface area (Å²) < 4.78 is 1.49. The third-order valence-electron chi connectivity index (χ3n) is 3.75. The molecule has 1 aliphatic carbocycles. The van der Waals surface area contributed by atoms with Gasteiger partial charge in [-0.3, -0.25) is 5.32 Å². The summed E-state index contributed by atoms with van der Waals surface area (Å²) in [5.74, 6) is 1.18. The number of benzene rings is 1. The molecular weight excluding hydrogens is 325 g/mol. The van der Waals surface area contributed by atoms with Crippen molar-refractivity contribution in [1.82, 2.24) is 20.1 Å². The zero-order valence-electron chi connectivity index (χ0n) is 11.9. The van der Waals surface area contributed by atoms with Crippen LogP contribution in [-0.4, -0.2) is 27.3 Å². The lowest BCUT2D eigenvalue weighted by molar-refractivity contribution is 0.251. The minimum absolute atomic E-state index is 0.288. The predicted octanol–water partition coefficient (Wildman–Crippen LogP) is 3.05. The van der Waals surface area contributed by atoms with Crippen LogP contribution in [0.15, 0.2) is 24.5 Å². The van der Waals surface area contributed by atoms with Gasteiger partial charge in [0, 0.05) is 23.6 Å². The summed E-state index contributed by atoms with van der Waals surface area (Å²) in [5.41, 5.74) is 1.09. The molecule has 1 aromatic carbocycles. The summed E-state index contributed by atoms with van der Waals surface area (Å²) in [5, 5.41) is 10.7. The fourth-order valence-electron chi connectivity index (χ4n) is 2.44. The van der Waals surface area contributed by atoms with Gasteiger partial charge in [-0.05, 0) is 36.0 Å². The van der Waals surface area contributed by atoms with E-state index in [0.717, 1.165) is 12.0 Å². The second-order valence-electron chi connectivity index (χ2n) is 5.31. The molecule has 2 aromatic rings. The lowest BCUT2D eigenvalue weighted by atomic mass is 10.1. The Morgan fingerprint density at radius 2 is 2.27 bits per heavy atom. The zero-order chi connectivity index (χ0) is 15.7. The number of nitrogens with zero attached hydrogens (tertiary/aromatic N) is 3. The van der Waals surface area contributed by atoms with E-state index < -0.39 is 0 Å². The van der Waals surface area contributed by atoms with Gasteiger partial charge in [0.05, 0.1) is 0 Å². The molecule has 1 saturated carbocycles. The van der Waals surface area contributed by atoms with Crippen LogP contribution in [0, 0.1) is 5.92 Å². The molecule has 0 saturated heterocycles. The van der Waals surface area contributed by atoms with Gasteiger partial charge in [-0.15, -0.1) is 0 Å². The third kappa shape index (κ3) is 3.34. The van der Waals surface area contributed by atoms with E-state index in [1.165, 1.54) is 11.0 Å². The number of anilines is 1. The van der Waals surface area contributed by atoms with Crippen molar-refractivity contribution in [2.75, 3.05) is 11.9 Å². The van der Waals surface area contributed by atoms with Crippen LogP contribution in [0.4, 0.5) is 10.7 Å². The summed E-state index contributed by atoms with van der Waals surface area (Å²) in [6.07, 6.45) is 2.39. The number of halogens is 2. The van der Waals surface area contributed by atoms with Crippen molar-refractivity contribution < 1.29 is 4.79 Å². The van der Waals surface area contributed by atoms with Gasteiger partial charge in [-0.2, -0.15) is 10.1 Å². The Hall–Kier alpha value is -1.79. The first-order chi connectivity index (χ1) is 10.5. The zero-order valence-corrected chi connectivity index (χ0v) is 13.4. The van der Waals surface area contributed by atoms with Crippen molar-refractivity contribution >= 4 is 35.2 Å². The van der Waals surface area contributed by atoms with E-state index in [9.17, 15) is 4.79 Å². The topological polar surface area (TPSA) is 71.8 Å². The van der Waals surface area contributed by atoms with Crippen LogP contribution in [0.5, 0.6) is 0 Å². The molecule has 0 radical (unpaired) electrons. The van der Waals surface area contributed by atoms with Crippen LogP contribution in [0.25, 0.3) is 0 Å². The van der Waals surface area contributed by atoms with Gasteiger partial charge in [0.1, 0.15) is 6.33 Å². The van der Waals surface area contributed by atoms with Crippen molar-refractivity contribution in [3.05, 3.63) is 40.1 Å². The molecule has 0 bridgehead atoms. The number of nitrogens with one attached hydrogen (secondary N) is 2. The smallest absolute Gasteiger partial charge is 0.321 e. The Labute approximate surface area is 137 Å². The molecule has 1 aromatic heterocycles. The molecule has 0 spiro atoms. The van der Waals surface area contributed by atoms with Gasteiger partial charge in [-0.25, -0.2) is 9.48 Å². The molecule has 22 heavy (non-hydrogen) atoms. The van der Waals surface area contributed by atoms with E-state index in [1.54, 1.807) is 13.1 Å². The largest absolute Gasteiger partial charge is 0.337 e. The molecule has 8 heteroatoms. The number of aryl methyl sites for hydroxylation is 1. The van der Waals surface area contributed by atoms with Crippen molar-refractivity contribution in [1.29, 1.82) is 0 Å². The first-order valence-corrected chi connectivity index (χ1v) is 7.64. The summed E-state index contributed by atoms with van der Waals surface area (Å²) in [6, 6.07) is 5.26. The molecule has 2 amide bonds. The Bertz CT molecular complexity index is 702. The van der Waals surface area contributed by atoms with Gasteiger partial charge >= 0.3 is 6.03 Å². The van der Waals surface area contributed by atoms with E-state index in [2.05, 4.69) is 20.7 Å².